The van der Waals surface area contributed by atoms with Gasteiger partial charge in [-0.3, -0.25) is 9.59 Å². The summed E-state index contributed by atoms with van der Waals surface area (Å²) in [4.78, 5) is 27.9. The number of carbonyl (C=O) groups excluding carboxylic acids is 2. The molecule has 0 spiro atoms. The summed E-state index contributed by atoms with van der Waals surface area (Å²) in [6.45, 7) is 8.23. The molecule has 5 atom stereocenters. The molecule has 28 heavy (non-hydrogen) atoms. The van der Waals surface area contributed by atoms with Gasteiger partial charge in [-0.1, -0.05) is 32.9 Å². The van der Waals surface area contributed by atoms with Gasteiger partial charge in [-0.15, -0.1) is 5.10 Å². The Labute approximate surface area is 165 Å². The summed E-state index contributed by atoms with van der Waals surface area (Å²) >= 11 is 0. The first-order valence-corrected chi connectivity index (χ1v) is 10.4. The summed E-state index contributed by atoms with van der Waals surface area (Å²) in [5.41, 5.74) is 0.520. The average Bonchev–Trinajstić information content (AvgIpc) is 3.47. The van der Waals surface area contributed by atoms with E-state index in [-0.39, 0.29) is 30.8 Å². The number of likely N-dealkylation sites (tertiary alicyclic amines) is 1. The van der Waals surface area contributed by atoms with Crippen molar-refractivity contribution in [2.45, 2.75) is 83.5 Å². The summed E-state index contributed by atoms with van der Waals surface area (Å²) in [6.07, 6.45) is 4.68. The van der Waals surface area contributed by atoms with Crippen LogP contribution in [0.15, 0.2) is 6.20 Å². The third-order valence-corrected chi connectivity index (χ3v) is 6.14. The highest BCUT2D eigenvalue weighted by Gasteiger charge is 2.46. The van der Waals surface area contributed by atoms with Gasteiger partial charge in [-0.2, -0.15) is 0 Å². The molecule has 1 aromatic heterocycles. The molecule has 1 saturated heterocycles. The van der Waals surface area contributed by atoms with Crippen molar-refractivity contribution in [3.8, 4) is 0 Å². The number of nitrogens with one attached hydrogen (secondary N) is 1. The van der Waals surface area contributed by atoms with Crippen molar-refractivity contribution in [1.29, 1.82) is 0 Å². The van der Waals surface area contributed by atoms with Crippen LogP contribution in [0.5, 0.6) is 0 Å². The topological polar surface area (TPSA) is 100 Å². The number of hydrogen-bond donors (Lipinski definition) is 2. The van der Waals surface area contributed by atoms with E-state index in [1.165, 1.54) is 0 Å². The van der Waals surface area contributed by atoms with Gasteiger partial charge in [0.2, 0.25) is 11.8 Å². The summed E-state index contributed by atoms with van der Waals surface area (Å²) in [6, 6.07) is -1.02. The highest BCUT2D eigenvalue weighted by Crippen LogP contribution is 2.40. The zero-order chi connectivity index (χ0) is 20.2. The van der Waals surface area contributed by atoms with Gasteiger partial charge in [0.1, 0.15) is 12.1 Å². The Morgan fingerprint density at radius 3 is 2.54 bits per heavy atom. The van der Waals surface area contributed by atoms with Gasteiger partial charge in [0.15, 0.2) is 0 Å². The highest BCUT2D eigenvalue weighted by atomic mass is 16.3. The molecule has 2 aliphatic carbocycles. The molecule has 4 rings (SSSR count). The molecule has 2 N–H and O–H groups in total. The first-order valence-electron chi connectivity index (χ1n) is 10.4. The summed E-state index contributed by atoms with van der Waals surface area (Å²) < 4.78 is 1.65. The molecule has 3 fully saturated rings. The fraction of sp³-hybridized carbons (Fsp3) is 0.800. The Bertz CT molecular complexity index is 766. The predicted octanol–water partition coefficient (Wildman–Crippen LogP) is 1.23. The maximum atomic E-state index is 13.6. The zero-order valence-corrected chi connectivity index (χ0v) is 17.1. The fourth-order valence-electron chi connectivity index (χ4n) is 4.13. The number of amides is 2. The van der Waals surface area contributed by atoms with Crippen molar-refractivity contribution in [3.63, 3.8) is 0 Å². The molecule has 8 heteroatoms. The molecule has 3 unspecified atom stereocenters. The van der Waals surface area contributed by atoms with Crippen molar-refractivity contribution < 1.29 is 14.7 Å². The first-order chi connectivity index (χ1) is 13.1. The minimum absolute atomic E-state index is 0.163. The molecule has 1 aromatic rings. The number of hydrogen-bond acceptors (Lipinski definition) is 5. The second kappa shape index (κ2) is 6.83. The summed E-state index contributed by atoms with van der Waals surface area (Å²) in [7, 11) is 0. The lowest BCUT2D eigenvalue weighted by Crippen LogP contribution is -2.50. The van der Waals surface area contributed by atoms with E-state index in [4.69, 9.17) is 0 Å². The number of nitrogens with zero attached hydrogens (tertiary/aromatic N) is 4. The molecule has 2 saturated carbocycles. The Balaban J connectivity index is 1.56. The lowest BCUT2D eigenvalue weighted by molar-refractivity contribution is -0.144. The molecular formula is C20H31N5O3. The third kappa shape index (κ3) is 3.79. The van der Waals surface area contributed by atoms with Crippen LogP contribution in [0.3, 0.4) is 0 Å². The van der Waals surface area contributed by atoms with Crippen LogP contribution < -0.4 is 5.32 Å². The number of rotatable bonds is 5. The van der Waals surface area contributed by atoms with Crippen LogP contribution in [-0.4, -0.2) is 61.5 Å². The number of aliphatic hydroxyl groups excluding tert-OH is 1. The lowest BCUT2D eigenvalue weighted by Gasteiger charge is -2.34. The van der Waals surface area contributed by atoms with E-state index < -0.39 is 23.6 Å². The largest absolute Gasteiger partial charge is 0.391 e. The smallest absolute Gasteiger partial charge is 0.248 e. The van der Waals surface area contributed by atoms with Crippen LogP contribution in [0.4, 0.5) is 0 Å². The normalized spacial score (nSPS) is 31.0. The van der Waals surface area contributed by atoms with Gasteiger partial charge in [-0.25, -0.2) is 4.68 Å². The molecule has 154 valence electrons. The van der Waals surface area contributed by atoms with Crippen LogP contribution in [0.25, 0.3) is 0 Å². The van der Waals surface area contributed by atoms with Gasteiger partial charge in [0, 0.05) is 31.1 Å². The lowest BCUT2D eigenvalue weighted by atomic mass is 9.85. The van der Waals surface area contributed by atoms with Crippen LogP contribution in [0.2, 0.25) is 0 Å². The Hall–Kier alpha value is -1.96. The van der Waals surface area contributed by atoms with Crippen molar-refractivity contribution in [2.75, 3.05) is 6.54 Å². The quantitative estimate of drug-likeness (QED) is 0.789. The Morgan fingerprint density at radius 1 is 1.29 bits per heavy atom. The highest BCUT2D eigenvalue weighted by molar-refractivity contribution is 5.90. The number of aliphatic hydroxyl groups is 1. The van der Waals surface area contributed by atoms with Crippen molar-refractivity contribution in [3.05, 3.63) is 11.9 Å². The summed E-state index contributed by atoms with van der Waals surface area (Å²) in [5, 5.41) is 21.7. The monoisotopic (exact) mass is 389 g/mol. The van der Waals surface area contributed by atoms with Crippen molar-refractivity contribution in [2.24, 2.45) is 11.3 Å². The van der Waals surface area contributed by atoms with Crippen LogP contribution in [0, 0.1) is 11.3 Å². The van der Waals surface area contributed by atoms with E-state index in [0.717, 1.165) is 25.0 Å². The predicted molar refractivity (Wildman–Crippen MR) is 102 cm³/mol. The van der Waals surface area contributed by atoms with Gasteiger partial charge >= 0.3 is 0 Å². The molecule has 2 heterocycles. The number of β-amino-alcohol motifs (C(OH)–C–C–N with tert-alkyl or cyclic N) is 1. The van der Waals surface area contributed by atoms with Gasteiger partial charge in [-0.05, 0) is 30.6 Å². The molecule has 3 aliphatic rings. The van der Waals surface area contributed by atoms with E-state index >= 15 is 0 Å². The summed E-state index contributed by atoms with van der Waals surface area (Å²) in [5.74, 6) is 0.597. The molecule has 0 aromatic carbocycles. The molecule has 0 bridgehead atoms. The van der Waals surface area contributed by atoms with Crippen molar-refractivity contribution in [1.82, 2.24) is 25.2 Å². The molecule has 8 nitrogen and oxygen atoms in total. The maximum absolute atomic E-state index is 13.6. The van der Waals surface area contributed by atoms with E-state index in [0.29, 0.717) is 11.8 Å². The Morgan fingerprint density at radius 2 is 1.96 bits per heavy atom. The third-order valence-electron chi connectivity index (χ3n) is 6.14. The van der Waals surface area contributed by atoms with E-state index in [1.807, 2.05) is 27.0 Å². The minimum Gasteiger partial charge on any atom is -0.391 e. The molecule has 2 amide bonds. The second-order valence-electron chi connectivity index (χ2n) is 9.89. The number of aromatic nitrogens is 3. The molecular weight excluding hydrogens is 358 g/mol. The maximum Gasteiger partial charge on any atom is 0.248 e. The van der Waals surface area contributed by atoms with Gasteiger partial charge in [0.25, 0.3) is 0 Å². The van der Waals surface area contributed by atoms with Crippen LogP contribution in [-0.2, 0) is 9.59 Å². The fourth-order valence-corrected chi connectivity index (χ4v) is 4.13. The van der Waals surface area contributed by atoms with Crippen molar-refractivity contribution >= 4 is 11.8 Å². The van der Waals surface area contributed by atoms with E-state index in [2.05, 4.69) is 22.6 Å². The van der Waals surface area contributed by atoms with Gasteiger partial charge in [0.05, 0.1) is 11.8 Å². The first kappa shape index (κ1) is 19.4. The number of carbonyl (C=O) groups is 2. The van der Waals surface area contributed by atoms with Gasteiger partial charge < -0.3 is 15.3 Å². The second-order valence-corrected chi connectivity index (χ2v) is 9.89. The van der Waals surface area contributed by atoms with Crippen LogP contribution in [0.1, 0.15) is 71.0 Å². The van der Waals surface area contributed by atoms with E-state index in [1.54, 1.807) is 9.58 Å². The zero-order valence-electron chi connectivity index (χ0n) is 17.1. The van der Waals surface area contributed by atoms with Crippen LogP contribution >= 0.6 is 0 Å². The SMILES string of the molecule is CC1CC1NC(=O)[C@@H]1C[C@@H](O)CN1C(=O)C(n1cc(C2CC2)nn1)C(C)(C)C. The van der Waals surface area contributed by atoms with E-state index in [9.17, 15) is 14.7 Å². The molecule has 0 radical (unpaired) electrons. The Kier molecular flexibility index (Phi) is 4.72. The molecule has 1 aliphatic heterocycles. The standard InChI is InChI=1S/C20H31N5O3/c1-11-7-14(11)21-18(27)16-8-13(26)9-24(16)19(28)17(20(2,3)4)25-10-15(22-23-25)12-5-6-12/h10-14,16-17,26H,5-9H2,1-4H3,(H,21,27)/t11?,13-,14?,16+,17?/m1/s1. The average molecular weight is 390 g/mol. The minimum atomic E-state index is -0.685.